The first-order valence-electron chi connectivity index (χ1n) is 10.3. The van der Waals surface area contributed by atoms with Gasteiger partial charge in [0.05, 0.1) is 18.1 Å². The van der Waals surface area contributed by atoms with E-state index in [2.05, 4.69) is 16.3 Å². The fourth-order valence-corrected chi connectivity index (χ4v) is 5.38. The lowest BCUT2D eigenvalue weighted by Crippen LogP contribution is -2.57. The highest BCUT2D eigenvalue weighted by molar-refractivity contribution is 7.80. The van der Waals surface area contributed by atoms with Crippen LogP contribution in [0.25, 0.3) is 0 Å². The Morgan fingerprint density at radius 2 is 2.00 bits per heavy atom. The first-order valence-corrected chi connectivity index (χ1v) is 10.7. The Bertz CT molecular complexity index is 699. The predicted octanol–water partition coefficient (Wildman–Crippen LogP) is 3.58. The second-order valence-electron chi connectivity index (χ2n) is 8.30. The van der Waals surface area contributed by atoms with E-state index < -0.39 is 0 Å². The van der Waals surface area contributed by atoms with Crippen LogP contribution < -0.4 is 5.32 Å². The van der Waals surface area contributed by atoms with E-state index in [-0.39, 0.29) is 5.60 Å². The van der Waals surface area contributed by atoms with Crippen LogP contribution >= 0.6 is 12.2 Å². The quantitative estimate of drug-likeness (QED) is 0.806. The Morgan fingerprint density at radius 1 is 1.22 bits per heavy atom. The van der Waals surface area contributed by atoms with E-state index in [0.717, 1.165) is 42.0 Å². The molecule has 3 unspecified atom stereocenters. The molecule has 1 N–H and O–H groups in total. The van der Waals surface area contributed by atoms with Crippen molar-refractivity contribution in [3.05, 3.63) is 35.4 Å². The minimum Gasteiger partial charge on any atom is -0.375 e. The summed E-state index contributed by atoms with van der Waals surface area (Å²) < 4.78 is 6.23. The summed E-state index contributed by atoms with van der Waals surface area (Å²) in [5.74, 6) is 0. The summed E-state index contributed by atoms with van der Waals surface area (Å²) in [4.78, 5) is 3.50. The number of likely N-dealkylation sites (tertiary alicyclic amines) is 1. The molecule has 1 aromatic rings. The minimum atomic E-state index is 0.117. The summed E-state index contributed by atoms with van der Waals surface area (Å²) in [6, 6.07) is 11.2. The van der Waals surface area contributed by atoms with Crippen molar-refractivity contribution in [1.82, 2.24) is 10.2 Å². The van der Waals surface area contributed by atoms with Crippen molar-refractivity contribution in [3.63, 3.8) is 0 Å². The summed E-state index contributed by atoms with van der Waals surface area (Å²) >= 11 is 5.74. The van der Waals surface area contributed by atoms with Crippen molar-refractivity contribution >= 4 is 17.2 Å². The molecule has 3 aliphatic rings. The number of ether oxygens (including phenoxy) is 1. The van der Waals surface area contributed by atoms with Crippen LogP contribution in [0.3, 0.4) is 0 Å². The van der Waals surface area contributed by atoms with Gasteiger partial charge < -0.3 is 10.1 Å². The van der Waals surface area contributed by atoms with E-state index in [1.165, 1.54) is 38.8 Å². The first-order chi connectivity index (χ1) is 13.2. The van der Waals surface area contributed by atoms with Crippen molar-refractivity contribution in [2.75, 3.05) is 19.7 Å². The fraction of sp³-hybridized carbons (Fsp3) is 0.636. The normalized spacial score (nSPS) is 31.1. The summed E-state index contributed by atoms with van der Waals surface area (Å²) in [6.07, 6.45) is 8.88. The van der Waals surface area contributed by atoms with Gasteiger partial charge in [-0.1, -0.05) is 36.5 Å². The van der Waals surface area contributed by atoms with Gasteiger partial charge in [0.15, 0.2) is 0 Å². The lowest BCUT2D eigenvalue weighted by Gasteiger charge is -2.46. The van der Waals surface area contributed by atoms with E-state index in [0.29, 0.717) is 18.5 Å². The highest BCUT2D eigenvalue weighted by Crippen LogP contribution is 2.41. The second kappa shape index (κ2) is 8.26. The summed E-state index contributed by atoms with van der Waals surface area (Å²) in [5.41, 5.74) is 2.20. The van der Waals surface area contributed by atoms with Crippen LogP contribution in [0.15, 0.2) is 24.3 Å². The highest BCUT2D eigenvalue weighted by Gasteiger charge is 2.46. The van der Waals surface area contributed by atoms with Crippen molar-refractivity contribution in [2.45, 2.75) is 69.1 Å². The molecule has 1 spiro atoms. The molecule has 2 saturated heterocycles. The fourth-order valence-electron chi connectivity index (χ4n) is 5.09. The molecule has 1 aliphatic carbocycles. The van der Waals surface area contributed by atoms with E-state index in [1.807, 2.05) is 24.3 Å². The standard InChI is InChI=1S/C22H29N3OS/c23-12-9-17-4-6-18(7-5-17)21(27)24-19-8-11-22(10-3-15-26-22)16-20(19)25-13-1-2-14-25/h4-7,19-20H,1-3,8-11,13-16H2,(H,24,27). The van der Waals surface area contributed by atoms with E-state index in [9.17, 15) is 0 Å². The van der Waals surface area contributed by atoms with Gasteiger partial charge in [0.1, 0.15) is 4.99 Å². The van der Waals surface area contributed by atoms with Crippen LogP contribution in [0.2, 0.25) is 0 Å². The minimum absolute atomic E-state index is 0.117. The molecule has 2 heterocycles. The molecule has 144 valence electrons. The predicted molar refractivity (Wildman–Crippen MR) is 111 cm³/mol. The maximum atomic E-state index is 8.83. The Hall–Kier alpha value is -1.48. The summed E-state index contributed by atoms with van der Waals surface area (Å²) in [7, 11) is 0. The molecule has 1 saturated carbocycles. The average molecular weight is 384 g/mol. The topological polar surface area (TPSA) is 48.3 Å². The molecule has 0 radical (unpaired) electrons. The number of hydrogen-bond donors (Lipinski definition) is 1. The van der Waals surface area contributed by atoms with Gasteiger partial charge >= 0.3 is 0 Å². The molecule has 27 heavy (non-hydrogen) atoms. The molecular weight excluding hydrogens is 354 g/mol. The monoisotopic (exact) mass is 383 g/mol. The third-order valence-corrected chi connectivity index (χ3v) is 6.92. The average Bonchev–Trinajstić information content (AvgIpc) is 3.37. The Morgan fingerprint density at radius 3 is 2.67 bits per heavy atom. The van der Waals surface area contributed by atoms with Crippen LogP contribution in [0.5, 0.6) is 0 Å². The zero-order chi connectivity index (χ0) is 18.7. The second-order valence-corrected chi connectivity index (χ2v) is 8.71. The summed E-state index contributed by atoms with van der Waals surface area (Å²) in [6.45, 7) is 3.33. The number of nitriles is 1. The van der Waals surface area contributed by atoms with E-state index in [4.69, 9.17) is 22.2 Å². The maximum absolute atomic E-state index is 8.83. The SMILES string of the molecule is N#CCc1ccc(C(=S)NC2CCC3(CCCO3)CC2N2CCCC2)cc1. The third-order valence-electron chi connectivity index (χ3n) is 6.57. The Balaban J connectivity index is 1.45. The first kappa shape index (κ1) is 18.9. The van der Waals surface area contributed by atoms with Crippen molar-refractivity contribution in [3.8, 4) is 6.07 Å². The Labute approximate surface area is 167 Å². The van der Waals surface area contributed by atoms with Gasteiger partial charge in [0, 0.05) is 24.3 Å². The number of thiocarbonyl (C=S) groups is 1. The largest absolute Gasteiger partial charge is 0.375 e. The molecule has 4 rings (SSSR count). The molecule has 0 amide bonds. The van der Waals surface area contributed by atoms with Crippen LogP contribution in [0.1, 0.15) is 56.1 Å². The van der Waals surface area contributed by atoms with Gasteiger partial charge in [-0.25, -0.2) is 0 Å². The molecule has 4 nitrogen and oxygen atoms in total. The Kier molecular flexibility index (Phi) is 5.77. The van der Waals surface area contributed by atoms with Crippen molar-refractivity contribution in [2.24, 2.45) is 0 Å². The lowest BCUT2D eigenvalue weighted by atomic mass is 9.76. The molecule has 0 bridgehead atoms. The van der Waals surface area contributed by atoms with Gasteiger partial charge in [-0.15, -0.1) is 0 Å². The van der Waals surface area contributed by atoms with E-state index >= 15 is 0 Å². The lowest BCUT2D eigenvalue weighted by molar-refractivity contribution is -0.0555. The van der Waals surface area contributed by atoms with Crippen molar-refractivity contribution in [1.29, 1.82) is 5.26 Å². The highest BCUT2D eigenvalue weighted by atomic mass is 32.1. The molecule has 1 aromatic carbocycles. The maximum Gasteiger partial charge on any atom is 0.106 e. The zero-order valence-corrected chi connectivity index (χ0v) is 16.8. The number of nitrogens with one attached hydrogen (secondary N) is 1. The number of nitrogens with zero attached hydrogens (tertiary/aromatic N) is 2. The van der Waals surface area contributed by atoms with Crippen LogP contribution in [-0.4, -0.2) is 47.3 Å². The molecule has 2 aliphatic heterocycles. The van der Waals surface area contributed by atoms with Crippen LogP contribution in [0, 0.1) is 11.3 Å². The van der Waals surface area contributed by atoms with Crippen LogP contribution in [0.4, 0.5) is 0 Å². The smallest absolute Gasteiger partial charge is 0.106 e. The number of hydrogen-bond acceptors (Lipinski definition) is 4. The number of benzene rings is 1. The van der Waals surface area contributed by atoms with Crippen molar-refractivity contribution < 1.29 is 4.74 Å². The van der Waals surface area contributed by atoms with Gasteiger partial charge in [-0.2, -0.15) is 5.26 Å². The van der Waals surface area contributed by atoms with Gasteiger partial charge in [-0.3, -0.25) is 4.90 Å². The van der Waals surface area contributed by atoms with Crippen LogP contribution in [-0.2, 0) is 11.2 Å². The third kappa shape index (κ3) is 4.18. The zero-order valence-electron chi connectivity index (χ0n) is 16.0. The number of rotatable bonds is 4. The summed E-state index contributed by atoms with van der Waals surface area (Å²) in [5, 5.41) is 12.5. The molecule has 5 heteroatoms. The molecule has 3 fully saturated rings. The van der Waals surface area contributed by atoms with E-state index in [1.54, 1.807) is 0 Å². The molecular formula is C22H29N3OS. The molecule has 0 aromatic heterocycles. The molecule has 3 atom stereocenters. The van der Waals surface area contributed by atoms with Gasteiger partial charge in [0.2, 0.25) is 0 Å². The van der Waals surface area contributed by atoms with Gasteiger partial charge in [0.25, 0.3) is 0 Å². The van der Waals surface area contributed by atoms with Gasteiger partial charge in [-0.05, 0) is 63.6 Å².